The number of nitrogens with zero attached hydrogens (tertiary/aromatic N) is 5. The Morgan fingerprint density at radius 1 is 0.323 bits per heavy atom. The molecule has 8 heterocycles. The second-order valence-electron chi connectivity index (χ2n) is 34.9. The number of thiophene rings is 3. The second kappa shape index (κ2) is 43.4. The van der Waals surface area contributed by atoms with Crippen LogP contribution in [-0.2, 0) is 32.2 Å². The van der Waals surface area contributed by atoms with Crippen molar-refractivity contribution in [2.45, 2.75) is 104 Å². The first-order valence-electron chi connectivity index (χ1n) is 47.0. The van der Waals surface area contributed by atoms with Gasteiger partial charge < -0.3 is 55.3 Å². The van der Waals surface area contributed by atoms with Crippen molar-refractivity contribution in [3.8, 4) is 44.5 Å². The van der Waals surface area contributed by atoms with Crippen LogP contribution in [0.25, 0.3) is 149 Å². The lowest BCUT2D eigenvalue weighted by Gasteiger charge is -2.26. The van der Waals surface area contributed by atoms with E-state index in [1.807, 2.05) is 34.0 Å². The quantitative estimate of drug-likeness (QED) is 0.0133. The summed E-state index contributed by atoms with van der Waals surface area (Å²) in [7, 11) is 0. The molecule has 17 heteroatoms. The zero-order valence-corrected chi connectivity index (χ0v) is 77.9. The van der Waals surface area contributed by atoms with Crippen molar-refractivity contribution in [1.82, 2.24) is 25.0 Å². The highest BCUT2D eigenvalue weighted by Gasteiger charge is 2.21. The molecule has 14 nitrogen and oxygen atoms in total. The SMILES string of the molecule is C1=C(c2ccc3sc4ccc(C5=CCNCC5)cc4c3c2)CCNC1.CCCN1CC=C(c2ccc3sc4ccc(C5=CCN(CCN)CC5)cc4c3c2)CC1.CCn1c2ccc(-c3cccc(CCCN)c3)cc2c2cc(-c3cccc(CCCN)c3)ccc21.NC(N)=NCCCc1cccc(-c2ccc3sc4ccc(-c5cccc(CCCN=C(N)N)c5)cc4c3c2)c1. The number of aliphatic imine (C=N–C) groups is 2. The summed E-state index contributed by atoms with van der Waals surface area (Å²) in [5.41, 5.74) is 68.3. The Bertz CT molecular complexity index is 6500. The number of aryl methyl sites for hydroxylation is 5. The molecule has 0 spiro atoms. The summed E-state index contributed by atoms with van der Waals surface area (Å²) in [6, 6.07) is 90.9. The molecule has 0 fully saturated rings. The highest BCUT2D eigenvalue weighted by atomic mass is 32.1. The number of nitrogens with two attached hydrogens (primary N) is 7. The normalized spacial score (nSPS) is 14.4. The van der Waals surface area contributed by atoms with Gasteiger partial charge in [0.05, 0.1) is 0 Å². The molecule has 0 atom stereocenters. The van der Waals surface area contributed by atoms with Gasteiger partial charge in [-0.15, -0.1) is 34.0 Å². The van der Waals surface area contributed by atoms with Gasteiger partial charge in [-0.25, -0.2) is 0 Å². The van der Waals surface area contributed by atoms with Crippen molar-refractivity contribution < 1.29 is 0 Å². The van der Waals surface area contributed by atoms with Crippen LogP contribution < -0.4 is 50.8 Å². The van der Waals surface area contributed by atoms with E-state index in [0.29, 0.717) is 13.1 Å². The molecule has 0 bridgehead atoms. The van der Waals surface area contributed by atoms with Gasteiger partial charge in [-0.2, -0.15) is 0 Å². The minimum atomic E-state index is 0.149. The Kier molecular flexibility index (Phi) is 30.1. The van der Waals surface area contributed by atoms with Crippen LogP contribution in [0.2, 0.25) is 0 Å². The number of hydrogen-bond acceptors (Lipinski definition) is 12. The van der Waals surface area contributed by atoms with E-state index in [2.05, 4.69) is 316 Å². The molecular formula is C113H124N14S3. The first-order chi connectivity index (χ1) is 63.8. The average Bonchev–Trinajstić information content (AvgIpc) is 1.61. The van der Waals surface area contributed by atoms with Gasteiger partial charge >= 0.3 is 0 Å². The van der Waals surface area contributed by atoms with E-state index in [1.54, 1.807) is 0 Å². The second-order valence-corrected chi connectivity index (χ2v) is 38.2. The largest absolute Gasteiger partial charge is 0.370 e. The summed E-state index contributed by atoms with van der Waals surface area (Å²) < 4.78 is 10.6. The van der Waals surface area contributed by atoms with Crippen molar-refractivity contribution in [3.63, 3.8) is 0 Å². The lowest BCUT2D eigenvalue weighted by molar-refractivity contribution is 0.302. The van der Waals surface area contributed by atoms with Crippen LogP contribution in [0.4, 0.5) is 0 Å². The minimum absolute atomic E-state index is 0.149. The Hall–Kier alpha value is -11.7. The molecule has 4 aliphatic rings. The van der Waals surface area contributed by atoms with Gasteiger partial charge in [-0.1, -0.05) is 177 Å². The molecular weight excluding hydrogens is 1650 g/mol. The van der Waals surface area contributed by atoms with Crippen LogP contribution in [0, 0.1) is 0 Å². The summed E-state index contributed by atoms with van der Waals surface area (Å²) in [5.74, 6) is 0.297. The van der Waals surface area contributed by atoms with Crippen molar-refractivity contribution in [2.24, 2.45) is 50.1 Å². The maximum Gasteiger partial charge on any atom is 0.185 e. The smallest absolute Gasteiger partial charge is 0.185 e. The van der Waals surface area contributed by atoms with Crippen LogP contribution >= 0.6 is 34.0 Å². The Balaban J connectivity index is 0.000000123. The zero-order valence-electron chi connectivity index (χ0n) is 75.4. The standard InChI is InChI=1S/C32H34N6S.C32H35N3.C27H33N3S.C22H22N2S/c33-31(34)37-15-3-7-21-5-1-9-23(17-21)25-11-13-29-27(19-25)28-20-26(12-14-30(28)39-29)24-10-2-6-22(18-24)8-4-16-38-32(35)36;1-2-35-31-15-13-27(25-11-3-7-23(19-25)9-5-17-33)21-29(31)30-22-28(14-16-32(30)35)26-12-4-8-24(20-26)10-6-18-34;1-2-12-29-13-7-20(8-14-29)22-3-5-26-24(18-22)25-19-23(4-6-27(25)31-26)21-9-15-30(16-10-21)17-11-28;1-3-21-19(13-17(1)15-5-9-23-10-6-15)20-14-18(2-4-22(20)25-21)16-7-11-24-12-8-16/h1-2,5-6,9-14,17-20H,3-4,7-8,15-16H2,(H4,33,34,37)(H4,35,36,38);3-4,7-8,11-16,19-22H,2,5-6,9-10,17-18,33-34H2,1H3;3-7,9,18-19H,2,8,10-17,28H2,1H3;1-5,7,13-14,23-24H,6,8-12H2. The monoisotopic (exact) mass is 1770 g/mol. The molecule has 664 valence electrons. The number of hydrogen-bond donors (Lipinski definition) is 9. The van der Waals surface area contributed by atoms with Gasteiger partial charge in [-0.05, 0) is 331 Å². The van der Waals surface area contributed by atoms with E-state index in [0.717, 1.165) is 156 Å². The molecule has 0 aliphatic carbocycles. The molecule has 0 amide bonds. The van der Waals surface area contributed by atoms with Gasteiger partial charge in [0.2, 0.25) is 0 Å². The molecule has 12 aromatic carbocycles. The van der Waals surface area contributed by atoms with Crippen molar-refractivity contribution in [3.05, 3.63) is 311 Å². The maximum absolute atomic E-state index is 5.73. The summed E-state index contributed by atoms with van der Waals surface area (Å²) in [6.07, 6.45) is 23.0. The third-order valence-electron chi connectivity index (χ3n) is 26.0. The van der Waals surface area contributed by atoms with Gasteiger partial charge in [0.15, 0.2) is 11.9 Å². The molecule has 16 N–H and O–H groups in total. The number of nitrogens with one attached hydrogen (secondary N) is 2. The fourth-order valence-electron chi connectivity index (χ4n) is 19.1. The van der Waals surface area contributed by atoms with Crippen LogP contribution in [0.1, 0.15) is 116 Å². The molecule has 130 heavy (non-hydrogen) atoms. The van der Waals surface area contributed by atoms with E-state index < -0.39 is 0 Å². The predicted octanol–water partition coefficient (Wildman–Crippen LogP) is 23.1. The van der Waals surface area contributed by atoms with Crippen LogP contribution in [-0.4, -0.2) is 124 Å². The molecule has 4 aromatic heterocycles. The third kappa shape index (κ3) is 21.8. The van der Waals surface area contributed by atoms with Crippen molar-refractivity contribution in [2.75, 3.05) is 98.2 Å². The highest BCUT2D eigenvalue weighted by Crippen LogP contribution is 2.44. The Labute approximate surface area is 778 Å². The fourth-order valence-corrected chi connectivity index (χ4v) is 22.3. The van der Waals surface area contributed by atoms with Crippen LogP contribution in [0.5, 0.6) is 0 Å². The first kappa shape index (κ1) is 90.3. The number of guanidine groups is 2. The Morgan fingerprint density at radius 3 is 0.931 bits per heavy atom. The molecule has 16 aromatic rings. The number of benzene rings is 12. The van der Waals surface area contributed by atoms with Gasteiger partial charge in [0.1, 0.15) is 0 Å². The lowest BCUT2D eigenvalue weighted by Crippen LogP contribution is -2.33. The van der Waals surface area contributed by atoms with Gasteiger partial charge in [0, 0.05) is 154 Å². The third-order valence-corrected chi connectivity index (χ3v) is 29.4. The summed E-state index contributed by atoms with van der Waals surface area (Å²) in [5, 5.41) is 17.7. The van der Waals surface area contributed by atoms with Gasteiger partial charge in [0.25, 0.3) is 0 Å². The van der Waals surface area contributed by atoms with E-state index in [4.69, 9.17) is 40.1 Å². The Morgan fingerprint density at radius 2 is 0.631 bits per heavy atom. The predicted molar refractivity (Wildman–Crippen MR) is 566 cm³/mol. The maximum atomic E-state index is 5.73. The number of rotatable bonds is 27. The molecule has 0 saturated carbocycles. The van der Waals surface area contributed by atoms with Crippen molar-refractivity contribution in [1.29, 1.82) is 0 Å². The molecule has 0 saturated heterocycles. The highest BCUT2D eigenvalue weighted by molar-refractivity contribution is 7.26. The molecule has 0 unspecified atom stereocenters. The minimum Gasteiger partial charge on any atom is -0.370 e. The molecule has 20 rings (SSSR count). The van der Waals surface area contributed by atoms with Crippen LogP contribution in [0.3, 0.4) is 0 Å². The number of aromatic nitrogens is 1. The average molecular weight is 1770 g/mol. The fraction of sp³-hybridized carbons (Fsp3) is 0.274. The first-order valence-corrected chi connectivity index (χ1v) is 49.4. The van der Waals surface area contributed by atoms with E-state index in [-0.39, 0.29) is 11.9 Å². The summed E-state index contributed by atoms with van der Waals surface area (Å²) in [4.78, 5) is 13.2. The molecule has 4 aliphatic heterocycles. The van der Waals surface area contributed by atoms with Gasteiger partial charge in [-0.3, -0.25) is 19.8 Å². The zero-order chi connectivity index (χ0) is 89.2. The van der Waals surface area contributed by atoms with E-state index in [1.165, 1.54) is 213 Å². The topological polar surface area (TPSA) is 242 Å². The van der Waals surface area contributed by atoms with E-state index >= 15 is 0 Å². The lowest BCUT2D eigenvalue weighted by atomic mass is 9.95. The summed E-state index contributed by atoms with van der Waals surface area (Å²) >= 11 is 5.67. The number of fused-ring (bicyclic) bond motifs is 12. The van der Waals surface area contributed by atoms with Crippen molar-refractivity contribution >= 4 is 151 Å². The van der Waals surface area contributed by atoms with Crippen LogP contribution in [0.15, 0.2) is 277 Å². The summed E-state index contributed by atoms with van der Waals surface area (Å²) in [6.45, 7) is 19.7. The molecule has 0 radical (unpaired) electrons. The van der Waals surface area contributed by atoms with E-state index in [9.17, 15) is 0 Å².